The minimum atomic E-state index is -1.44. The molecule has 0 spiro atoms. The Kier molecular flexibility index (Phi) is 11.1. The van der Waals surface area contributed by atoms with Crippen molar-refractivity contribution in [3.8, 4) is 74.7 Å². The SMILES string of the molecule is O=C(Oc1ccccc1)c1cc(O)c(O)c(OC(=O)c2cc(O)c(O)c(OC(=O)c3cc(O)c(O)c(OC(=O)c4cc(O)c(O)c(OC(=O)c5ccccc5)c4)c3)c2)c1. The number of carbonyl (C=O) groups is 5. The number of rotatable bonds is 10. The predicted octanol–water partition coefficient (Wildman–Crippen LogP) is 5.43. The summed E-state index contributed by atoms with van der Waals surface area (Å²) in [5.41, 5.74) is -2.11. The third-order valence-corrected chi connectivity index (χ3v) is 7.94. The summed E-state index contributed by atoms with van der Waals surface area (Å²) in [5.74, 6) is -17.0. The molecule has 0 aliphatic carbocycles. The summed E-state index contributed by atoms with van der Waals surface area (Å²) >= 11 is 0. The average Bonchev–Trinajstić information content (AvgIpc) is 3.21. The molecule has 0 saturated heterocycles. The smallest absolute Gasteiger partial charge is 0.343 e. The molecule has 18 heteroatoms. The molecule has 6 aromatic carbocycles. The zero-order valence-electron chi connectivity index (χ0n) is 29.6. The number of phenols is 8. The van der Waals surface area contributed by atoms with Crippen molar-refractivity contribution in [3.63, 3.8) is 0 Å². The Bertz CT molecular complexity index is 2660. The molecule has 0 amide bonds. The van der Waals surface area contributed by atoms with E-state index < -0.39 is 116 Å². The quantitative estimate of drug-likeness (QED) is 0.0486. The lowest BCUT2D eigenvalue weighted by Gasteiger charge is -2.13. The first-order valence-electron chi connectivity index (χ1n) is 16.5. The lowest BCUT2D eigenvalue weighted by Crippen LogP contribution is -2.13. The molecule has 0 aliphatic heterocycles. The Morgan fingerprint density at radius 3 is 0.864 bits per heavy atom. The number of ether oxygens (including phenoxy) is 5. The van der Waals surface area contributed by atoms with Crippen LogP contribution in [0.15, 0.2) is 109 Å². The first-order chi connectivity index (χ1) is 28.1. The second kappa shape index (κ2) is 16.4. The lowest BCUT2D eigenvalue weighted by atomic mass is 10.1. The van der Waals surface area contributed by atoms with Crippen LogP contribution >= 0.6 is 0 Å². The van der Waals surface area contributed by atoms with Crippen LogP contribution in [0.5, 0.6) is 74.7 Å². The van der Waals surface area contributed by atoms with Crippen LogP contribution < -0.4 is 23.7 Å². The van der Waals surface area contributed by atoms with Gasteiger partial charge in [-0.3, -0.25) is 0 Å². The average molecular weight is 807 g/mol. The third-order valence-electron chi connectivity index (χ3n) is 7.94. The van der Waals surface area contributed by atoms with Crippen LogP contribution in [0.1, 0.15) is 51.8 Å². The molecule has 0 aromatic heterocycles. The maximum absolute atomic E-state index is 13.2. The van der Waals surface area contributed by atoms with Gasteiger partial charge in [0.05, 0.1) is 27.8 Å². The van der Waals surface area contributed by atoms with Gasteiger partial charge in [0.15, 0.2) is 46.0 Å². The van der Waals surface area contributed by atoms with Gasteiger partial charge in [-0.15, -0.1) is 0 Å². The zero-order valence-corrected chi connectivity index (χ0v) is 29.6. The van der Waals surface area contributed by atoms with E-state index in [4.69, 9.17) is 23.7 Å². The van der Waals surface area contributed by atoms with E-state index in [1.165, 1.54) is 36.4 Å². The van der Waals surface area contributed by atoms with Crippen molar-refractivity contribution in [2.45, 2.75) is 0 Å². The van der Waals surface area contributed by atoms with Crippen molar-refractivity contribution >= 4 is 29.8 Å². The van der Waals surface area contributed by atoms with Gasteiger partial charge in [-0.1, -0.05) is 36.4 Å². The van der Waals surface area contributed by atoms with E-state index in [9.17, 15) is 64.8 Å². The molecule has 0 atom stereocenters. The first kappa shape index (κ1) is 39.8. The van der Waals surface area contributed by atoms with Gasteiger partial charge in [-0.2, -0.15) is 0 Å². The summed E-state index contributed by atoms with van der Waals surface area (Å²) in [6.45, 7) is 0. The van der Waals surface area contributed by atoms with Crippen LogP contribution in [0.25, 0.3) is 0 Å². The second-order valence-electron chi connectivity index (χ2n) is 12.0. The molecule has 0 saturated carbocycles. The summed E-state index contributed by atoms with van der Waals surface area (Å²) in [6, 6.07) is 21.3. The normalized spacial score (nSPS) is 10.6. The van der Waals surface area contributed by atoms with Gasteiger partial charge in [0, 0.05) is 0 Å². The number of carbonyl (C=O) groups excluding carboxylic acids is 5. The number of benzene rings is 6. The highest BCUT2D eigenvalue weighted by molar-refractivity contribution is 5.98. The lowest BCUT2D eigenvalue weighted by molar-refractivity contribution is 0.0700. The molecular formula is C41H26O18. The molecule has 6 rings (SSSR count). The minimum absolute atomic E-state index is 0.0609. The van der Waals surface area contributed by atoms with Gasteiger partial charge in [0.1, 0.15) is 5.75 Å². The zero-order chi connectivity index (χ0) is 42.5. The minimum Gasteiger partial charge on any atom is -0.504 e. The maximum atomic E-state index is 13.2. The largest absolute Gasteiger partial charge is 0.504 e. The summed E-state index contributed by atoms with van der Waals surface area (Å²) in [6.07, 6.45) is 0. The standard InChI is InChI=1S/C41H26O18/c42-25-11-20(38(51)55-24-9-5-2-6-10-24)15-30(34(25)47)57-40(53)22-13-27(44)36(49)32(17-22)59-41(54)23-14-28(45)35(48)31(18-23)58-39(52)21-12-26(43)33(46)29(16-21)56-37(50)19-7-3-1-4-8-19/h1-18,42-49H. The van der Waals surface area contributed by atoms with E-state index in [0.29, 0.717) is 24.3 Å². The fraction of sp³-hybridized carbons (Fsp3) is 0. The van der Waals surface area contributed by atoms with Crippen molar-refractivity contribution in [1.29, 1.82) is 0 Å². The summed E-state index contributed by atoms with van der Waals surface area (Å²) in [7, 11) is 0. The molecule has 0 unspecified atom stereocenters. The van der Waals surface area contributed by atoms with E-state index in [0.717, 1.165) is 24.3 Å². The predicted molar refractivity (Wildman–Crippen MR) is 197 cm³/mol. The molecule has 0 aliphatic rings. The highest BCUT2D eigenvalue weighted by atomic mass is 16.6. The molecular weight excluding hydrogens is 780 g/mol. The Labute approximate surface area is 329 Å². The van der Waals surface area contributed by atoms with Gasteiger partial charge in [0.25, 0.3) is 0 Å². The molecule has 0 bridgehead atoms. The van der Waals surface area contributed by atoms with Crippen LogP contribution in [0.4, 0.5) is 0 Å². The van der Waals surface area contributed by atoms with Crippen LogP contribution in [-0.2, 0) is 0 Å². The Hall–Kier alpha value is -8.93. The van der Waals surface area contributed by atoms with E-state index in [1.807, 2.05) is 0 Å². The van der Waals surface area contributed by atoms with Crippen LogP contribution in [-0.4, -0.2) is 70.7 Å². The molecule has 8 N–H and O–H groups in total. The molecule has 0 heterocycles. The number of hydrogen-bond donors (Lipinski definition) is 8. The monoisotopic (exact) mass is 806 g/mol. The summed E-state index contributed by atoms with van der Waals surface area (Å²) in [4.78, 5) is 64.6. The topological polar surface area (TPSA) is 293 Å². The Morgan fingerprint density at radius 2 is 0.559 bits per heavy atom. The Balaban J connectivity index is 1.20. The Morgan fingerprint density at radius 1 is 0.305 bits per heavy atom. The van der Waals surface area contributed by atoms with Gasteiger partial charge in [-0.25, -0.2) is 24.0 Å². The number of phenolic OH excluding ortho intramolecular Hbond substituents is 8. The molecule has 6 aromatic rings. The summed E-state index contributed by atoms with van der Waals surface area (Å²) in [5, 5.41) is 82.5. The molecule has 298 valence electrons. The van der Waals surface area contributed by atoms with Crippen molar-refractivity contribution < 1.29 is 88.5 Å². The number of esters is 5. The van der Waals surface area contributed by atoms with E-state index in [-0.39, 0.29) is 16.9 Å². The highest BCUT2D eigenvalue weighted by Crippen LogP contribution is 2.42. The number of hydrogen-bond acceptors (Lipinski definition) is 18. The highest BCUT2D eigenvalue weighted by Gasteiger charge is 2.26. The third kappa shape index (κ3) is 8.81. The number of para-hydroxylation sites is 1. The van der Waals surface area contributed by atoms with E-state index in [1.54, 1.807) is 24.3 Å². The fourth-order valence-corrected chi connectivity index (χ4v) is 5.02. The van der Waals surface area contributed by atoms with Crippen molar-refractivity contribution in [1.82, 2.24) is 0 Å². The van der Waals surface area contributed by atoms with Crippen molar-refractivity contribution in [2.75, 3.05) is 0 Å². The first-order valence-corrected chi connectivity index (χ1v) is 16.5. The summed E-state index contributed by atoms with van der Waals surface area (Å²) < 4.78 is 25.6. The molecule has 59 heavy (non-hydrogen) atoms. The van der Waals surface area contributed by atoms with Crippen molar-refractivity contribution in [2.24, 2.45) is 0 Å². The maximum Gasteiger partial charge on any atom is 0.343 e. The van der Waals surface area contributed by atoms with Gasteiger partial charge < -0.3 is 64.5 Å². The van der Waals surface area contributed by atoms with Crippen LogP contribution in [0, 0.1) is 0 Å². The van der Waals surface area contributed by atoms with Crippen LogP contribution in [0.2, 0.25) is 0 Å². The van der Waals surface area contributed by atoms with Crippen LogP contribution in [0.3, 0.4) is 0 Å². The molecule has 0 radical (unpaired) electrons. The molecule has 0 fully saturated rings. The number of aromatic hydroxyl groups is 8. The van der Waals surface area contributed by atoms with Gasteiger partial charge in [-0.05, 0) is 72.8 Å². The van der Waals surface area contributed by atoms with E-state index >= 15 is 0 Å². The fourth-order valence-electron chi connectivity index (χ4n) is 5.02. The van der Waals surface area contributed by atoms with Crippen molar-refractivity contribution in [3.05, 3.63) is 137 Å². The second-order valence-corrected chi connectivity index (χ2v) is 12.0. The van der Waals surface area contributed by atoms with Gasteiger partial charge >= 0.3 is 29.8 Å². The van der Waals surface area contributed by atoms with Gasteiger partial charge in [0.2, 0.25) is 23.0 Å². The van der Waals surface area contributed by atoms with E-state index in [2.05, 4.69) is 0 Å². The molecule has 18 nitrogen and oxygen atoms in total.